The van der Waals surface area contributed by atoms with E-state index < -0.39 is 5.97 Å². The molecular formula is C22H27ClN2O3. The molecular weight excluding hydrogens is 376 g/mol. The third-order valence-electron chi connectivity index (χ3n) is 4.57. The van der Waals surface area contributed by atoms with Gasteiger partial charge in [-0.1, -0.05) is 56.6 Å². The van der Waals surface area contributed by atoms with Crippen LogP contribution in [0.15, 0.2) is 30.3 Å². The van der Waals surface area contributed by atoms with Gasteiger partial charge in [0.25, 0.3) is 5.91 Å². The first-order chi connectivity index (χ1) is 13.2. The van der Waals surface area contributed by atoms with E-state index in [0.717, 1.165) is 12.0 Å². The van der Waals surface area contributed by atoms with Crippen molar-refractivity contribution in [2.24, 2.45) is 5.92 Å². The largest absolute Gasteiger partial charge is 0.452 e. The average Bonchev–Trinajstić information content (AvgIpc) is 2.63. The number of carbonyl (C=O) groups excluding carboxylic acids is 2. The van der Waals surface area contributed by atoms with Crippen LogP contribution < -0.4 is 5.32 Å². The Kier molecular flexibility index (Phi) is 7.58. The summed E-state index contributed by atoms with van der Waals surface area (Å²) in [5.74, 6) is -0.830. The van der Waals surface area contributed by atoms with Crippen LogP contribution >= 0.6 is 11.6 Å². The van der Waals surface area contributed by atoms with Gasteiger partial charge in [-0.25, -0.2) is 9.78 Å². The molecule has 0 aliphatic rings. The Morgan fingerprint density at radius 3 is 2.36 bits per heavy atom. The molecule has 1 N–H and O–H groups in total. The second-order valence-corrected chi connectivity index (χ2v) is 7.56. The van der Waals surface area contributed by atoms with E-state index in [4.69, 9.17) is 16.3 Å². The van der Waals surface area contributed by atoms with Crippen molar-refractivity contribution in [2.75, 3.05) is 6.61 Å². The van der Waals surface area contributed by atoms with Crippen molar-refractivity contribution in [3.05, 3.63) is 63.4 Å². The maximum atomic E-state index is 12.4. The number of hydrogen-bond donors (Lipinski definition) is 1. The number of hydrogen-bond acceptors (Lipinski definition) is 4. The molecule has 0 bridgehead atoms. The van der Waals surface area contributed by atoms with Crippen molar-refractivity contribution < 1.29 is 14.3 Å². The zero-order chi connectivity index (χ0) is 20.8. The molecule has 2 rings (SSSR count). The van der Waals surface area contributed by atoms with Crippen molar-refractivity contribution >= 4 is 23.5 Å². The molecule has 5 nitrogen and oxygen atoms in total. The molecule has 150 valence electrons. The van der Waals surface area contributed by atoms with Crippen LogP contribution in [0.1, 0.15) is 59.6 Å². The van der Waals surface area contributed by atoms with Crippen LogP contribution in [0.4, 0.5) is 0 Å². The van der Waals surface area contributed by atoms with Gasteiger partial charge < -0.3 is 10.1 Å². The van der Waals surface area contributed by atoms with Gasteiger partial charge in [-0.3, -0.25) is 4.79 Å². The van der Waals surface area contributed by atoms with Crippen molar-refractivity contribution in [3.63, 3.8) is 0 Å². The van der Waals surface area contributed by atoms with Crippen molar-refractivity contribution in [3.8, 4) is 0 Å². The fourth-order valence-electron chi connectivity index (χ4n) is 3.05. The lowest BCUT2D eigenvalue weighted by molar-refractivity contribution is -0.125. The second-order valence-electron chi connectivity index (χ2n) is 7.21. The highest BCUT2D eigenvalue weighted by molar-refractivity contribution is 6.32. The first-order valence-corrected chi connectivity index (χ1v) is 9.79. The van der Waals surface area contributed by atoms with E-state index in [1.54, 1.807) is 19.9 Å². The number of carbonyl (C=O) groups is 2. The summed E-state index contributed by atoms with van der Waals surface area (Å²) in [4.78, 5) is 28.8. The molecule has 0 unspecified atom stereocenters. The van der Waals surface area contributed by atoms with Gasteiger partial charge in [0.1, 0.15) is 5.15 Å². The number of ether oxygens (including phenoxy) is 1. The summed E-state index contributed by atoms with van der Waals surface area (Å²) < 4.78 is 5.17. The molecule has 1 heterocycles. The summed E-state index contributed by atoms with van der Waals surface area (Å²) in [5, 5.41) is 3.03. The molecule has 1 aromatic heterocycles. The van der Waals surface area contributed by atoms with E-state index in [1.165, 1.54) is 5.56 Å². The Morgan fingerprint density at radius 1 is 1.18 bits per heavy atom. The maximum Gasteiger partial charge on any atom is 0.342 e. The minimum absolute atomic E-state index is 0.0824. The summed E-state index contributed by atoms with van der Waals surface area (Å²) in [7, 11) is 0. The van der Waals surface area contributed by atoms with Gasteiger partial charge in [0.15, 0.2) is 6.61 Å². The molecule has 0 aliphatic heterocycles. The number of nitrogens with one attached hydrogen (secondary N) is 1. The zero-order valence-electron chi connectivity index (χ0n) is 17.0. The van der Waals surface area contributed by atoms with E-state index in [-0.39, 0.29) is 35.2 Å². The number of benzene rings is 1. The van der Waals surface area contributed by atoms with Crippen molar-refractivity contribution in [1.82, 2.24) is 10.3 Å². The highest BCUT2D eigenvalue weighted by Gasteiger charge is 2.21. The van der Waals surface area contributed by atoms with E-state index in [1.807, 2.05) is 26.0 Å². The van der Waals surface area contributed by atoms with Crippen LogP contribution in [0.25, 0.3) is 0 Å². The molecule has 0 spiro atoms. The van der Waals surface area contributed by atoms with Crippen molar-refractivity contribution in [2.45, 2.75) is 47.1 Å². The van der Waals surface area contributed by atoms with Crippen LogP contribution in [-0.4, -0.2) is 23.5 Å². The monoisotopic (exact) mass is 402 g/mol. The highest BCUT2D eigenvalue weighted by Crippen LogP contribution is 2.23. The van der Waals surface area contributed by atoms with E-state index >= 15 is 0 Å². The Balaban J connectivity index is 2.02. The Morgan fingerprint density at radius 2 is 1.82 bits per heavy atom. The molecule has 1 aromatic carbocycles. The molecule has 0 saturated carbocycles. The molecule has 1 atom stereocenters. The Bertz CT molecular complexity index is 824. The van der Waals surface area contributed by atoms with Gasteiger partial charge in [-0.05, 0) is 48.9 Å². The number of rotatable bonds is 7. The van der Waals surface area contributed by atoms with Crippen LogP contribution in [0.3, 0.4) is 0 Å². The van der Waals surface area contributed by atoms with Crippen molar-refractivity contribution in [1.29, 1.82) is 0 Å². The van der Waals surface area contributed by atoms with Gasteiger partial charge in [-0.2, -0.15) is 0 Å². The van der Waals surface area contributed by atoms with Crippen LogP contribution in [-0.2, 0) is 16.0 Å². The predicted molar refractivity (Wildman–Crippen MR) is 111 cm³/mol. The number of aryl methyl sites for hydroxylation is 3. The fraction of sp³-hybridized carbons (Fsp3) is 0.409. The number of nitrogens with zero attached hydrogens (tertiary/aromatic N) is 1. The SMILES string of the molecule is CCc1ccc([C@H](NC(=O)COC(=O)c2c(C)cc(C)nc2Cl)C(C)C)cc1. The van der Waals surface area contributed by atoms with Gasteiger partial charge >= 0.3 is 5.97 Å². The van der Waals surface area contributed by atoms with Crippen LogP contribution in [0.2, 0.25) is 5.15 Å². The number of esters is 1. The molecule has 6 heteroatoms. The summed E-state index contributed by atoms with van der Waals surface area (Å²) in [6.45, 7) is 9.34. The minimum Gasteiger partial charge on any atom is -0.452 e. The zero-order valence-corrected chi connectivity index (χ0v) is 17.8. The summed E-state index contributed by atoms with van der Waals surface area (Å²) in [6.07, 6.45) is 0.963. The smallest absolute Gasteiger partial charge is 0.342 e. The maximum absolute atomic E-state index is 12.4. The summed E-state index contributed by atoms with van der Waals surface area (Å²) in [5.41, 5.74) is 3.83. The number of halogens is 1. The quantitative estimate of drug-likeness (QED) is 0.543. The number of amides is 1. The minimum atomic E-state index is -0.654. The number of pyridine rings is 1. The highest BCUT2D eigenvalue weighted by atomic mass is 35.5. The first kappa shape index (κ1) is 21.9. The lowest BCUT2D eigenvalue weighted by Crippen LogP contribution is -2.35. The lowest BCUT2D eigenvalue weighted by Gasteiger charge is -2.23. The second kappa shape index (κ2) is 9.69. The molecule has 1 amide bonds. The molecule has 0 saturated heterocycles. The average molecular weight is 403 g/mol. The van der Waals surface area contributed by atoms with E-state index in [0.29, 0.717) is 11.3 Å². The van der Waals surface area contributed by atoms with Gasteiger partial charge in [0.2, 0.25) is 0 Å². The van der Waals surface area contributed by atoms with Gasteiger partial charge in [0, 0.05) is 5.69 Å². The van der Waals surface area contributed by atoms with Gasteiger partial charge in [-0.15, -0.1) is 0 Å². The fourth-order valence-corrected chi connectivity index (χ4v) is 3.41. The number of aromatic nitrogens is 1. The van der Waals surface area contributed by atoms with Crippen LogP contribution in [0, 0.1) is 19.8 Å². The lowest BCUT2D eigenvalue weighted by atomic mass is 9.95. The molecule has 0 fully saturated rings. The third kappa shape index (κ3) is 5.55. The normalized spacial score (nSPS) is 12.0. The van der Waals surface area contributed by atoms with Gasteiger partial charge in [0.05, 0.1) is 11.6 Å². The Hall–Kier alpha value is -2.40. The third-order valence-corrected chi connectivity index (χ3v) is 4.84. The molecule has 0 radical (unpaired) electrons. The summed E-state index contributed by atoms with van der Waals surface area (Å²) >= 11 is 6.06. The molecule has 0 aliphatic carbocycles. The molecule has 28 heavy (non-hydrogen) atoms. The van der Waals surface area contributed by atoms with Crippen LogP contribution in [0.5, 0.6) is 0 Å². The topological polar surface area (TPSA) is 68.3 Å². The standard InChI is InChI=1S/C22H27ClN2O3/c1-6-16-7-9-17(10-8-16)20(13(2)3)25-18(26)12-28-22(27)19-14(4)11-15(5)24-21(19)23/h7-11,13,20H,6,12H2,1-5H3,(H,25,26)/t20-/m1/s1. The summed E-state index contributed by atoms with van der Waals surface area (Å²) in [6, 6.07) is 9.76. The van der Waals surface area contributed by atoms with E-state index in [2.05, 4.69) is 29.4 Å². The molecule has 2 aromatic rings. The Labute approximate surface area is 171 Å². The first-order valence-electron chi connectivity index (χ1n) is 9.42. The predicted octanol–water partition coefficient (Wildman–Crippen LogP) is 4.58. The van der Waals surface area contributed by atoms with E-state index in [9.17, 15) is 9.59 Å².